The first-order valence-electron chi connectivity index (χ1n) is 9.04. The van der Waals surface area contributed by atoms with E-state index >= 15 is 0 Å². The molecular formula is C24H19Cl2NO. The highest BCUT2D eigenvalue weighted by molar-refractivity contribution is 6.35. The number of nitrogens with zero attached hydrogens (tertiary/aromatic N) is 1. The van der Waals surface area contributed by atoms with Gasteiger partial charge in [-0.2, -0.15) is 0 Å². The van der Waals surface area contributed by atoms with E-state index in [0.29, 0.717) is 16.6 Å². The summed E-state index contributed by atoms with van der Waals surface area (Å²) in [7, 11) is 0. The highest BCUT2D eigenvalue weighted by Gasteiger charge is 2.18. The van der Waals surface area contributed by atoms with Crippen LogP contribution in [0.25, 0.3) is 11.1 Å². The Morgan fingerprint density at radius 2 is 1.50 bits per heavy atom. The van der Waals surface area contributed by atoms with Gasteiger partial charge < -0.3 is 9.67 Å². The standard InChI is InChI=1S/C24H19Cl2NO/c25-20-12-11-19(23(26)13-20)14-27-15-21(17-7-3-1-4-8-17)22(16-27)24(28)18-9-5-2-6-10-18/h1-13,15-16,24,28H,14H2. The van der Waals surface area contributed by atoms with Gasteiger partial charge in [-0.3, -0.25) is 0 Å². The Bertz CT molecular complexity index is 1070. The first kappa shape index (κ1) is 18.8. The van der Waals surface area contributed by atoms with Gasteiger partial charge in [-0.15, -0.1) is 0 Å². The molecular weight excluding hydrogens is 389 g/mol. The lowest BCUT2D eigenvalue weighted by atomic mass is 9.97. The number of hydrogen-bond donors (Lipinski definition) is 1. The monoisotopic (exact) mass is 407 g/mol. The van der Waals surface area contributed by atoms with Crippen molar-refractivity contribution in [2.75, 3.05) is 0 Å². The first-order chi connectivity index (χ1) is 13.6. The molecule has 0 saturated heterocycles. The molecule has 1 N–H and O–H groups in total. The zero-order valence-corrected chi connectivity index (χ0v) is 16.6. The van der Waals surface area contributed by atoms with Crippen LogP contribution in [0.15, 0.2) is 91.3 Å². The normalized spacial score (nSPS) is 12.1. The van der Waals surface area contributed by atoms with E-state index in [-0.39, 0.29) is 0 Å². The van der Waals surface area contributed by atoms with Gasteiger partial charge in [0.1, 0.15) is 6.10 Å². The van der Waals surface area contributed by atoms with Crippen molar-refractivity contribution in [1.29, 1.82) is 0 Å². The van der Waals surface area contributed by atoms with Crippen molar-refractivity contribution in [2.45, 2.75) is 12.6 Å². The summed E-state index contributed by atoms with van der Waals surface area (Å²) in [4.78, 5) is 0. The molecule has 0 saturated carbocycles. The average Bonchev–Trinajstić information content (AvgIpc) is 3.15. The van der Waals surface area contributed by atoms with Crippen LogP contribution in [0.4, 0.5) is 0 Å². The molecule has 0 aliphatic carbocycles. The molecule has 1 atom stereocenters. The van der Waals surface area contributed by atoms with E-state index in [2.05, 4.69) is 22.9 Å². The molecule has 1 aromatic heterocycles. The maximum Gasteiger partial charge on any atom is 0.106 e. The molecule has 0 aliphatic heterocycles. The Morgan fingerprint density at radius 1 is 0.821 bits per heavy atom. The van der Waals surface area contributed by atoms with Crippen LogP contribution in [0.5, 0.6) is 0 Å². The summed E-state index contributed by atoms with van der Waals surface area (Å²) in [6.45, 7) is 0.595. The number of aliphatic hydroxyl groups excluding tert-OH is 1. The van der Waals surface area contributed by atoms with Crippen LogP contribution in [0.2, 0.25) is 10.0 Å². The minimum absolute atomic E-state index is 0.595. The van der Waals surface area contributed by atoms with Crippen LogP contribution in [-0.2, 0) is 6.54 Å². The van der Waals surface area contributed by atoms with Gasteiger partial charge in [-0.25, -0.2) is 0 Å². The Morgan fingerprint density at radius 3 is 2.18 bits per heavy atom. The zero-order valence-electron chi connectivity index (χ0n) is 15.1. The summed E-state index contributed by atoms with van der Waals surface area (Å²) < 4.78 is 2.05. The third-order valence-corrected chi connectivity index (χ3v) is 5.36. The number of benzene rings is 3. The molecule has 0 spiro atoms. The van der Waals surface area contributed by atoms with E-state index in [1.54, 1.807) is 6.07 Å². The maximum atomic E-state index is 11.0. The van der Waals surface area contributed by atoms with E-state index in [1.165, 1.54) is 0 Å². The Hall–Kier alpha value is -2.52. The van der Waals surface area contributed by atoms with Gasteiger partial charge in [-0.05, 0) is 28.8 Å². The molecule has 1 unspecified atom stereocenters. The molecule has 0 bridgehead atoms. The van der Waals surface area contributed by atoms with E-state index in [9.17, 15) is 5.11 Å². The average molecular weight is 408 g/mol. The highest BCUT2D eigenvalue weighted by Crippen LogP contribution is 2.33. The van der Waals surface area contributed by atoms with Crippen molar-refractivity contribution in [2.24, 2.45) is 0 Å². The molecule has 3 aromatic carbocycles. The zero-order chi connectivity index (χ0) is 19.5. The van der Waals surface area contributed by atoms with Crippen molar-refractivity contribution >= 4 is 23.2 Å². The fourth-order valence-electron chi connectivity index (χ4n) is 3.36. The third kappa shape index (κ3) is 4.00. The van der Waals surface area contributed by atoms with Crippen LogP contribution >= 0.6 is 23.2 Å². The van der Waals surface area contributed by atoms with Gasteiger partial charge in [0.25, 0.3) is 0 Å². The molecule has 2 nitrogen and oxygen atoms in total. The third-order valence-electron chi connectivity index (χ3n) is 4.77. The summed E-state index contributed by atoms with van der Waals surface area (Å²) in [6, 6.07) is 25.3. The van der Waals surface area contributed by atoms with Crippen molar-refractivity contribution in [3.8, 4) is 11.1 Å². The molecule has 4 aromatic rings. The fraction of sp³-hybridized carbons (Fsp3) is 0.0833. The van der Waals surface area contributed by atoms with E-state index < -0.39 is 6.10 Å². The number of aliphatic hydroxyl groups is 1. The quantitative estimate of drug-likeness (QED) is 0.396. The van der Waals surface area contributed by atoms with Gasteiger partial charge in [0, 0.05) is 40.1 Å². The summed E-state index contributed by atoms with van der Waals surface area (Å²) >= 11 is 12.4. The molecule has 0 amide bonds. The first-order valence-corrected chi connectivity index (χ1v) is 9.79. The molecule has 0 radical (unpaired) electrons. The molecule has 4 heteroatoms. The summed E-state index contributed by atoms with van der Waals surface area (Å²) in [6.07, 6.45) is 3.34. The lowest BCUT2D eigenvalue weighted by molar-refractivity contribution is 0.221. The minimum atomic E-state index is -0.710. The molecule has 0 aliphatic rings. The number of halogens is 2. The molecule has 4 rings (SSSR count). The van der Waals surface area contributed by atoms with Crippen LogP contribution in [0.3, 0.4) is 0 Å². The van der Waals surface area contributed by atoms with E-state index in [0.717, 1.165) is 27.8 Å². The van der Waals surface area contributed by atoms with Gasteiger partial charge in [0.05, 0.1) is 0 Å². The minimum Gasteiger partial charge on any atom is -0.384 e. The van der Waals surface area contributed by atoms with Gasteiger partial charge >= 0.3 is 0 Å². The highest BCUT2D eigenvalue weighted by atomic mass is 35.5. The predicted octanol–water partition coefficient (Wildman–Crippen LogP) is 6.59. The Balaban J connectivity index is 1.76. The second-order valence-electron chi connectivity index (χ2n) is 6.71. The molecule has 28 heavy (non-hydrogen) atoms. The number of hydrogen-bond acceptors (Lipinski definition) is 1. The van der Waals surface area contributed by atoms with Gasteiger partial charge in [0.15, 0.2) is 0 Å². The topological polar surface area (TPSA) is 25.2 Å². The lowest BCUT2D eigenvalue weighted by Crippen LogP contribution is -2.00. The van der Waals surface area contributed by atoms with E-state index in [1.807, 2.05) is 66.9 Å². The second-order valence-corrected chi connectivity index (χ2v) is 7.56. The van der Waals surface area contributed by atoms with Crippen LogP contribution in [0.1, 0.15) is 22.8 Å². The summed E-state index contributed by atoms with van der Waals surface area (Å²) in [5, 5.41) is 12.3. The SMILES string of the molecule is OC(c1ccccc1)c1cn(Cc2ccc(Cl)cc2Cl)cc1-c1ccccc1. The number of rotatable bonds is 5. The van der Waals surface area contributed by atoms with Crippen molar-refractivity contribution < 1.29 is 5.11 Å². The lowest BCUT2D eigenvalue weighted by Gasteiger charge is -2.12. The Labute approximate surface area is 174 Å². The van der Waals surface area contributed by atoms with Crippen molar-refractivity contribution in [1.82, 2.24) is 4.57 Å². The van der Waals surface area contributed by atoms with Gasteiger partial charge in [-0.1, -0.05) is 89.9 Å². The van der Waals surface area contributed by atoms with Crippen molar-refractivity contribution in [3.05, 3.63) is 118 Å². The molecule has 1 heterocycles. The number of aromatic nitrogens is 1. The maximum absolute atomic E-state index is 11.0. The summed E-state index contributed by atoms with van der Waals surface area (Å²) in [5.41, 5.74) is 4.77. The van der Waals surface area contributed by atoms with E-state index in [4.69, 9.17) is 23.2 Å². The largest absolute Gasteiger partial charge is 0.384 e. The molecule has 0 fully saturated rings. The van der Waals surface area contributed by atoms with Crippen molar-refractivity contribution in [3.63, 3.8) is 0 Å². The van der Waals surface area contributed by atoms with Crippen LogP contribution in [0, 0.1) is 0 Å². The Kier molecular flexibility index (Phi) is 5.54. The van der Waals surface area contributed by atoms with Gasteiger partial charge in [0.2, 0.25) is 0 Å². The molecule has 140 valence electrons. The second kappa shape index (κ2) is 8.24. The predicted molar refractivity (Wildman–Crippen MR) is 116 cm³/mol. The smallest absolute Gasteiger partial charge is 0.106 e. The summed E-state index contributed by atoms with van der Waals surface area (Å²) in [5.74, 6) is 0. The van der Waals surface area contributed by atoms with Crippen LogP contribution < -0.4 is 0 Å². The van der Waals surface area contributed by atoms with Crippen LogP contribution in [-0.4, -0.2) is 9.67 Å². The fourth-order valence-corrected chi connectivity index (χ4v) is 3.82.